The second kappa shape index (κ2) is 10.3. The van der Waals surface area contributed by atoms with Crippen LogP contribution < -0.4 is 5.32 Å². The minimum atomic E-state index is -0.179. The quantitative estimate of drug-likeness (QED) is 0.555. The average Bonchev–Trinajstić information content (AvgIpc) is 2.43. The second-order valence-electron chi connectivity index (χ2n) is 5.44. The van der Waals surface area contributed by atoms with Gasteiger partial charge in [-0.25, -0.2) is 4.39 Å². The summed E-state index contributed by atoms with van der Waals surface area (Å²) in [6.07, 6.45) is 8.49. The Kier molecular flexibility index (Phi) is 9.12. The summed E-state index contributed by atoms with van der Waals surface area (Å²) < 4.78 is 14.0. The highest BCUT2D eigenvalue weighted by atomic mass is 79.9. The molecule has 1 unspecified atom stereocenters. The first-order valence-electron chi connectivity index (χ1n) is 7.84. The Morgan fingerprint density at radius 2 is 1.95 bits per heavy atom. The largest absolute Gasteiger partial charge is 0.314 e. The molecule has 0 aliphatic carbocycles. The van der Waals surface area contributed by atoms with Crippen molar-refractivity contribution in [3.8, 4) is 0 Å². The number of hydrogen-bond acceptors (Lipinski definition) is 1. The van der Waals surface area contributed by atoms with Crippen LogP contribution in [0.1, 0.15) is 57.9 Å². The predicted octanol–water partition coefficient (Wildman–Crippen LogP) is 5.47. The first-order valence-corrected chi connectivity index (χ1v) is 8.64. The van der Waals surface area contributed by atoms with Crippen LogP contribution in [0.15, 0.2) is 22.7 Å². The van der Waals surface area contributed by atoms with Gasteiger partial charge in [-0.05, 0) is 43.5 Å². The maximum atomic E-state index is 13.1. The lowest BCUT2D eigenvalue weighted by Gasteiger charge is -2.19. The molecule has 0 saturated heterocycles. The number of hydrogen-bond donors (Lipinski definition) is 1. The van der Waals surface area contributed by atoms with Crippen molar-refractivity contribution in [3.05, 3.63) is 34.1 Å². The molecule has 0 spiro atoms. The fraction of sp³-hybridized carbons (Fsp3) is 0.647. The lowest BCUT2D eigenvalue weighted by molar-refractivity contribution is 0.452. The van der Waals surface area contributed by atoms with Gasteiger partial charge in [0.1, 0.15) is 5.82 Å². The van der Waals surface area contributed by atoms with Gasteiger partial charge in [0.05, 0.1) is 0 Å². The third-order valence-corrected chi connectivity index (χ3v) is 4.31. The second-order valence-corrected chi connectivity index (χ2v) is 6.29. The Labute approximate surface area is 131 Å². The zero-order valence-corrected chi connectivity index (χ0v) is 14.3. The highest BCUT2D eigenvalue weighted by Crippen LogP contribution is 2.21. The first kappa shape index (κ1) is 17.6. The van der Waals surface area contributed by atoms with Crippen LogP contribution >= 0.6 is 15.9 Å². The maximum absolute atomic E-state index is 13.1. The summed E-state index contributed by atoms with van der Waals surface area (Å²) >= 11 is 3.47. The van der Waals surface area contributed by atoms with E-state index in [0.717, 1.165) is 23.9 Å². The van der Waals surface area contributed by atoms with E-state index in [1.165, 1.54) is 37.7 Å². The molecular weight excluding hydrogens is 317 g/mol. The van der Waals surface area contributed by atoms with Crippen LogP contribution in [0, 0.1) is 5.82 Å². The number of rotatable bonds is 10. The van der Waals surface area contributed by atoms with Gasteiger partial charge in [-0.1, -0.05) is 61.5 Å². The molecule has 0 fully saturated rings. The summed E-state index contributed by atoms with van der Waals surface area (Å²) in [4.78, 5) is 0. The Morgan fingerprint density at radius 1 is 1.15 bits per heavy atom. The zero-order valence-electron chi connectivity index (χ0n) is 12.7. The van der Waals surface area contributed by atoms with Crippen molar-refractivity contribution >= 4 is 15.9 Å². The predicted molar refractivity (Wildman–Crippen MR) is 88.6 cm³/mol. The van der Waals surface area contributed by atoms with Gasteiger partial charge in [0.25, 0.3) is 0 Å². The molecular formula is C17H27BrFN. The van der Waals surface area contributed by atoms with E-state index in [1.54, 1.807) is 12.1 Å². The number of nitrogens with one attached hydrogen (secondary N) is 1. The van der Waals surface area contributed by atoms with Crippen molar-refractivity contribution in [2.75, 3.05) is 6.54 Å². The van der Waals surface area contributed by atoms with Crippen LogP contribution in [0.5, 0.6) is 0 Å². The molecule has 0 amide bonds. The van der Waals surface area contributed by atoms with Crippen molar-refractivity contribution in [2.45, 2.75) is 64.8 Å². The third kappa shape index (κ3) is 6.85. The molecule has 1 rings (SSSR count). The average molecular weight is 344 g/mol. The first-order chi connectivity index (χ1) is 9.67. The van der Waals surface area contributed by atoms with Gasteiger partial charge in [-0.2, -0.15) is 0 Å². The Bertz CT molecular complexity index is 381. The smallest absolute Gasteiger partial charge is 0.124 e. The molecule has 1 nitrogen and oxygen atoms in total. The summed E-state index contributed by atoms with van der Waals surface area (Å²) in [5.74, 6) is -0.179. The van der Waals surface area contributed by atoms with E-state index in [1.807, 2.05) is 6.07 Å². The van der Waals surface area contributed by atoms with Crippen LogP contribution in [0.25, 0.3) is 0 Å². The highest BCUT2D eigenvalue weighted by Gasteiger charge is 2.11. The van der Waals surface area contributed by atoms with Crippen molar-refractivity contribution in [2.24, 2.45) is 0 Å². The van der Waals surface area contributed by atoms with Gasteiger partial charge >= 0.3 is 0 Å². The summed E-state index contributed by atoms with van der Waals surface area (Å²) in [6.45, 7) is 5.48. The van der Waals surface area contributed by atoms with Crippen LogP contribution in [0.4, 0.5) is 4.39 Å². The fourth-order valence-electron chi connectivity index (χ4n) is 2.39. The van der Waals surface area contributed by atoms with Crippen LogP contribution in [0.3, 0.4) is 0 Å². The molecule has 1 N–H and O–H groups in total. The minimum Gasteiger partial charge on any atom is -0.314 e. The van der Waals surface area contributed by atoms with E-state index in [0.29, 0.717) is 6.04 Å². The van der Waals surface area contributed by atoms with Gasteiger partial charge in [0.15, 0.2) is 0 Å². The van der Waals surface area contributed by atoms with Crippen molar-refractivity contribution < 1.29 is 4.39 Å². The molecule has 0 saturated carbocycles. The molecule has 0 bridgehead atoms. The Morgan fingerprint density at radius 3 is 2.60 bits per heavy atom. The van der Waals surface area contributed by atoms with Gasteiger partial charge in [-0.15, -0.1) is 0 Å². The minimum absolute atomic E-state index is 0.179. The van der Waals surface area contributed by atoms with E-state index in [2.05, 4.69) is 35.1 Å². The van der Waals surface area contributed by atoms with Gasteiger partial charge < -0.3 is 5.32 Å². The monoisotopic (exact) mass is 343 g/mol. The molecule has 114 valence electrons. The number of benzene rings is 1. The van der Waals surface area contributed by atoms with Gasteiger partial charge in [-0.3, -0.25) is 0 Å². The molecule has 1 aromatic rings. The topological polar surface area (TPSA) is 12.0 Å². The molecule has 20 heavy (non-hydrogen) atoms. The normalized spacial score (nSPS) is 12.6. The molecule has 0 aliphatic rings. The highest BCUT2D eigenvalue weighted by molar-refractivity contribution is 9.10. The van der Waals surface area contributed by atoms with Crippen molar-refractivity contribution in [1.82, 2.24) is 5.32 Å². The molecule has 0 heterocycles. The summed E-state index contributed by atoms with van der Waals surface area (Å²) in [6, 6.07) is 5.50. The molecule has 1 atom stereocenters. The number of halogens is 2. The Balaban J connectivity index is 2.53. The van der Waals surface area contributed by atoms with Crippen LogP contribution in [-0.4, -0.2) is 12.6 Å². The van der Waals surface area contributed by atoms with Crippen LogP contribution in [0.2, 0.25) is 0 Å². The summed E-state index contributed by atoms with van der Waals surface area (Å²) in [5.41, 5.74) is 1.19. The van der Waals surface area contributed by atoms with E-state index >= 15 is 0 Å². The maximum Gasteiger partial charge on any atom is 0.124 e. The summed E-state index contributed by atoms with van der Waals surface area (Å²) in [7, 11) is 0. The standard InChI is InChI=1S/C17H27BrFN/c1-3-5-6-7-8-16(20-11-4-2)12-14-9-10-15(19)13-17(14)18/h9-10,13,16,20H,3-8,11-12H2,1-2H3. The fourth-order valence-corrected chi connectivity index (χ4v) is 2.91. The molecule has 0 aromatic heterocycles. The summed E-state index contributed by atoms with van der Waals surface area (Å²) in [5, 5.41) is 3.62. The Hall–Kier alpha value is -0.410. The van der Waals surface area contributed by atoms with Gasteiger partial charge in [0, 0.05) is 10.5 Å². The lowest BCUT2D eigenvalue weighted by atomic mass is 10.00. The van der Waals surface area contributed by atoms with Crippen molar-refractivity contribution in [3.63, 3.8) is 0 Å². The van der Waals surface area contributed by atoms with E-state index in [-0.39, 0.29) is 5.82 Å². The molecule has 0 aliphatic heterocycles. The van der Waals surface area contributed by atoms with E-state index in [4.69, 9.17) is 0 Å². The molecule has 0 radical (unpaired) electrons. The molecule has 3 heteroatoms. The van der Waals surface area contributed by atoms with Gasteiger partial charge in [0.2, 0.25) is 0 Å². The van der Waals surface area contributed by atoms with Crippen LogP contribution in [-0.2, 0) is 6.42 Å². The van der Waals surface area contributed by atoms with E-state index < -0.39 is 0 Å². The lowest BCUT2D eigenvalue weighted by Crippen LogP contribution is -2.31. The van der Waals surface area contributed by atoms with Crippen molar-refractivity contribution in [1.29, 1.82) is 0 Å². The number of unbranched alkanes of at least 4 members (excludes halogenated alkanes) is 3. The van der Waals surface area contributed by atoms with E-state index in [9.17, 15) is 4.39 Å². The zero-order chi connectivity index (χ0) is 14.8. The molecule has 1 aromatic carbocycles. The SMILES string of the molecule is CCCCCCC(Cc1ccc(F)cc1Br)NCCC. The third-order valence-electron chi connectivity index (χ3n) is 3.57.